The lowest BCUT2D eigenvalue weighted by molar-refractivity contribution is -0.125. The Bertz CT molecular complexity index is 837. The molecule has 2 aromatic rings. The van der Waals surface area contributed by atoms with Crippen LogP contribution in [0.4, 0.5) is 5.69 Å². The van der Waals surface area contributed by atoms with Crippen LogP contribution in [0, 0.1) is 11.8 Å². The molecule has 1 saturated carbocycles. The summed E-state index contributed by atoms with van der Waals surface area (Å²) in [6.07, 6.45) is 0.549. The van der Waals surface area contributed by atoms with E-state index in [-0.39, 0.29) is 23.7 Å². The highest BCUT2D eigenvalue weighted by molar-refractivity contribution is 6.00. The normalized spacial score (nSPS) is 17.2. The molecular formula is C22H26N2O5. The molecule has 2 unspecified atom stereocenters. The zero-order valence-electron chi connectivity index (χ0n) is 16.6. The summed E-state index contributed by atoms with van der Waals surface area (Å²) in [5.41, 5.74) is 0.623. The largest absolute Gasteiger partial charge is 0.497 e. The Labute approximate surface area is 170 Å². The van der Waals surface area contributed by atoms with Crippen LogP contribution < -0.4 is 24.8 Å². The molecule has 0 radical (unpaired) electrons. The van der Waals surface area contributed by atoms with E-state index in [9.17, 15) is 9.59 Å². The smallest absolute Gasteiger partial charge is 0.228 e. The maximum atomic E-state index is 12.4. The van der Waals surface area contributed by atoms with Gasteiger partial charge >= 0.3 is 0 Å². The highest BCUT2D eigenvalue weighted by Crippen LogP contribution is 2.40. The summed E-state index contributed by atoms with van der Waals surface area (Å²) in [5.74, 6) is 1.20. The van der Waals surface area contributed by atoms with Crippen molar-refractivity contribution in [2.75, 3.05) is 32.2 Å². The van der Waals surface area contributed by atoms with Crippen LogP contribution in [0.15, 0.2) is 48.5 Å². The lowest BCUT2D eigenvalue weighted by Gasteiger charge is -2.11. The number of hydrogen-bond acceptors (Lipinski definition) is 5. The Kier molecular flexibility index (Phi) is 6.94. The minimum Gasteiger partial charge on any atom is -0.497 e. The zero-order chi connectivity index (χ0) is 20.6. The molecule has 0 saturated heterocycles. The Balaban J connectivity index is 1.39. The minimum atomic E-state index is -0.313. The van der Waals surface area contributed by atoms with Crippen LogP contribution in [0.3, 0.4) is 0 Å². The predicted molar refractivity (Wildman–Crippen MR) is 109 cm³/mol. The summed E-state index contributed by atoms with van der Waals surface area (Å²) in [6, 6.07) is 14.5. The summed E-state index contributed by atoms with van der Waals surface area (Å²) in [7, 11) is 1.61. The Morgan fingerprint density at radius 2 is 1.66 bits per heavy atom. The summed E-state index contributed by atoms with van der Waals surface area (Å²) in [4.78, 5) is 24.7. The molecule has 0 bridgehead atoms. The molecule has 2 atom stereocenters. The second-order valence-corrected chi connectivity index (χ2v) is 6.68. The van der Waals surface area contributed by atoms with Gasteiger partial charge in [0.2, 0.25) is 11.8 Å². The monoisotopic (exact) mass is 398 g/mol. The van der Waals surface area contributed by atoms with Gasteiger partial charge in [0.1, 0.15) is 23.9 Å². The molecular weight excluding hydrogens is 372 g/mol. The minimum absolute atomic E-state index is 0.124. The first-order chi connectivity index (χ1) is 14.1. The molecule has 0 aliphatic heterocycles. The average Bonchev–Trinajstić information content (AvgIpc) is 3.54. The third-order valence-corrected chi connectivity index (χ3v) is 4.64. The molecule has 1 aliphatic carbocycles. The predicted octanol–water partition coefficient (Wildman–Crippen LogP) is 2.86. The molecule has 0 heterocycles. The standard InChI is InChI=1S/C22H26N2O5/c1-3-28-20-7-5-4-6-19(20)24-22(26)18-14-17(18)21(25)23-12-13-29-16-10-8-15(27-2)9-11-16/h4-11,17-18H,3,12-14H2,1-2H3,(H,23,25)(H,24,26). The number of carbonyl (C=O) groups excluding carboxylic acids is 2. The number of amides is 2. The van der Waals surface area contributed by atoms with E-state index in [1.165, 1.54) is 0 Å². The van der Waals surface area contributed by atoms with E-state index in [4.69, 9.17) is 14.2 Å². The topological polar surface area (TPSA) is 85.9 Å². The van der Waals surface area contributed by atoms with Crippen LogP contribution in [-0.4, -0.2) is 38.7 Å². The van der Waals surface area contributed by atoms with Crippen molar-refractivity contribution in [3.05, 3.63) is 48.5 Å². The van der Waals surface area contributed by atoms with Crippen molar-refractivity contribution >= 4 is 17.5 Å². The number of para-hydroxylation sites is 2. The second kappa shape index (κ2) is 9.82. The fourth-order valence-electron chi connectivity index (χ4n) is 3.00. The van der Waals surface area contributed by atoms with Crippen molar-refractivity contribution < 1.29 is 23.8 Å². The molecule has 3 rings (SSSR count). The summed E-state index contributed by atoms with van der Waals surface area (Å²) in [6.45, 7) is 3.13. The van der Waals surface area contributed by atoms with Gasteiger partial charge < -0.3 is 24.8 Å². The van der Waals surface area contributed by atoms with Gasteiger partial charge in [-0.2, -0.15) is 0 Å². The molecule has 0 spiro atoms. The molecule has 1 aliphatic rings. The van der Waals surface area contributed by atoms with E-state index < -0.39 is 0 Å². The molecule has 154 valence electrons. The van der Waals surface area contributed by atoms with Crippen LogP contribution in [0.1, 0.15) is 13.3 Å². The van der Waals surface area contributed by atoms with E-state index in [1.807, 2.05) is 43.3 Å². The van der Waals surface area contributed by atoms with Crippen molar-refractivity contribution in [1.29, 1.82) is 0 Å². The van der Waals surface area contributed by atoms with Crippen LogP contribution in [0.2, 0.25) is 0 Å². The van der Waals surface area contributed by atoms with Gasteiger partial charge in [-0.15, -0.1) is 0 Å². The molecule has 2 amide bonds. The Hall–Kier alpha value is -3.22. The molecule has 1 fully saturated rings. The summed E-state index contributed by atoms with van der Waals surface area (Å²) < 4.78 is 16.2. The van der Waals surface area contributed by atoms with Crippen LogP contribution in [-0.2, 0) is 9.59 Å². The number of rotatable bonds is 10. The fourth-order valence-corrected chi connectivity index (χ4v) is 3.00. The number of ether oxygens (including phenoxy) is 3. The van der Waals surface area contributed by atoms with E-state index in [0.29, 0.717) is 43.4 Å². The van der Waals surface area contributed by atoms with Crippen molar-refractivity contribution in [2.24, 2.45) is 11.8 Å². The first-order valence-electron chi connectivity index (χ1n) is 9.69. The van der Waals surface area contributed by atoms with E-state index in [0.717, 1.165) is 5.75 Å². The molecule has 7 heteroatoms. The maximum Gasteiger partial charge on any atom is 0.228 e. The molecule has 2 N–H and O–H groups in total. The van der Waals surface area contributed by atoms with Crippen LogP contribution in [0.5, 0.6) is 17.2 Å². The summed E-state index contributed by atoms with van der Waals surface area (Å²) in [5, 5.41) is 5.69. The summed E-state index contributed by atoms with van der Waals surface area (Å²) >= 11 is 0. The molecule has 0 aromatic heterocycles. The Morgan fingerprint density at radius 3 is 2.38 bits per heavy atom. The van der Waals surface area contributed by atoms with Crippen molar-refractivity contribution in [1.82, 2.24) is 5.32 Å². The number of nitrogens with one attached hydrogen (secondary N) is 2. The van der Waals surface area contributed by atoms with E-state index in [1.54, 1.807) is 19.2 Å². The first-order valence-corrected chi connectivity index (χ1v) is 9.69. The van der Waals surface area contributed by atoms with Gasteiger partial charge in [-0.25, -0.2) is 0 Å². The Morgan fingerprint density at radius 1 is 0.966 bits per heavy atom. The quantitative estimate of drug-likeness (QED) is 0.601. The zero-order valence-corrected chi connectivity index (χ0v) is 16.6. The van der Waals surface area contributed by atoms with Crippen molar-refractivity contribution in [2.45, 2.75) is 13.3 Å². The van der Waals surface area contributed by atoms with Crippen molar-refractivity contribution in [3.63, 3.8) is 0 Å². The number of carbonyl (C=O) groups is 2. The fraction of sp³-hybridized carbons (Fsp3) is 0.364. The van der Waals surface area contributed by atoms with Crippen LogP contribution in [0.25, 0.3) is 0 Å². The molecule has 7 nitrogen and oxygen atoms in total. The molecule has 2 aromatic carbocycles. The van der Waals surface area contributed by atoms with Gasteiger partial charge in [-0.3, -0.25) is 9.59 Å². The lowest BCUT2D eigenvalue weighted by Crippen LogP contribution is -2.31. The number of benzene rings is 2. The van der Waals surface area contributed by atoms with Crippen LogP contribution >= 0.6 is 0 Å². The number of hydrogen-bond donors (Lipinski definition) is 2. The SMILES string of the molecule is CCOc1ccccc1NC(=O)C1CC1C(=O)NCCOc1ccc(OC)cc1. The average molecular weight is 398 g/mol. The number of methoxy groups -OCH3 is 1. The maximum absolute atomic E-state index is 12.4. The lowest BCUT2D eigenvalue weighted by atomic mass is 10.2. The molecule has 29 heavy (non-hydrogen) atoms. The van der Waals surface area contributed by atoms with Gasteiger partial charge in [0.25, 0.3) is 0 Å². The van der Waals surface area contributed by atoms with E-state index >= 15 is 0 Å². The number of anilines is 1. The third kappa shape index (κ3) is 5.63. The third-order valence-electron chi connectivity index (χ3n) is 4.64. The van der Waals surface area contributed by atoms with Gasteiger partial charge in [-0.1, -0.05) is 12.1 Å². The van der Waals surface area contributed by atoms with Gasteiger partial charge in [0, 0.05) is 0 Å². The van der Waals surface area contributed by atoms with Gasteiger partial charge in [0.05, 0.1) is 37.8 Å². The first kappa shape index (κ1) is 20.5. The van der Waals surface area contributed by atoms with Crippen molar-refractivity contribution in [3.8, 4) is 17.2 Å². The van der Waals surface area contributed by atoms with Gasteiger partial charge in [0.15, 0.2) is 0 Å². The highest BCUT2D eigenvalue weighted by Gasteiger charge is 2.48. The van der Waals surface area contributed by atoms with E-state index in [2.05, 4.69) is 10.6 Å². The second-order valence-electron chi connectivity index (χ2n) is 6.68. The highest BCUT2D eigenvalue weighted by atomic mass is 16.5. The van der Waals surface area contributed by atoms with Gasteiger partial charge in [-0.05, 0) is 49.7 Å².